The highest BCUT2D eigenvalue weighted by Crippen LogP contribution is 2.27. The third-order valence-electron chi connectivity index (χ3n) is 4.54. The van der Waals surface area contributed by atoms with E-state index < -0.39 is 0 Å². The quantitative estimate of drug-likeness (QED) is 0.370. The average Bonchev–Trinajstić information content (AvgIpc) is 3.08. The van der Waals surface area contributed by atoms with Crippen LogP contribution in [0.1, 0.15) is 11.1 Å². The Balaban J connectivity index is 2.00. The Morgan fingerprint density at radius 1 is 0.815 bits per heavy atom. The lowest BCUT2D eigenvalue weighted by molar-refractivity contribution is 0.998. The summed E-state index contributed by atoms with van der Waals surface area (Å²) in [7, 11) is 0. The standard InChI is InChI=1S/C23H19ClN2S/c1-16-7-3-5-9-20(16)25-23-26(21-10-6-4-8-17(21)2)22(15-27-23)18-11-13-19(24)14-12-18/h3-15H,1-2H3. The molecule has 0 aliphatic heterocycles. The van der Waals surface area contributed by atoms with Crippen molar-refractivity contribution in [1.29, 1.82) is 0 Å². The van der Waals surface area contributed by atoms with Gasteiger partial charge < -0.3 is 0 Å². The molecule has 0 unspecified atom stereocenters. The third kappa shape index (κ3) is 3.61. The number of halogens is 1. The predicted molar refractivity (Wildman–Crippen MR) is 115 cm³/mol. The summed E-state index contributed by atoms with van der Waals surface area (Å²) in [6.07, 6.45) is 0. The van der Waals surface area contributed by atoms with Crippen LogP contribution in [0.25, 0.3) is 16.9 Å². The van der Waals surface area contributed by atoms with Crippen LogP contribution in [0.4, 0.5) is 5.69 Å². The van der Waals surface area contributed by atoms with E-state index in [9.17, 15) is 0 Å². The lowest BCUT2D eigenvalue weighted by Gasteiger charge is -2.12. The fourth-order valence-electron chi connectivity index (χ4n) is 3.05. The second kappa shape index (κ2) is 7.55. The summed E-state index contributed by atoms with van der Waals surface area (Å²) in [4.78, 5) is 5.92. The zero-order chi connectivity index (χ0) is 18.8. The van der Waals surface area contributed by atoms with E-state index in [-0.39, 0.29) is 0 Å². The lowest BCUT2D eigenvalue weighted by Crippen LogP contribution is -2.14. The minimum atomic E-state index is 0.737. The number of benzene rings is 3. The van der Waals surface area contributed by atoms with Crippen molar-refractivity contribution >= 4 is 28.6 Å². The lowest BCUT2D eigenvalue weighted by atomic mass is 10.1. The molecule has 4 rings (SSSR count). The summed E-state index contributed by atoms with van der Waals surface area (Å²) in [5, 5.41) is 2.90. The zero-order valence-electron chi connectivity index (χ0n) is 15.2. The molecule has 2 nitrogen and oxygen atoms in total. The molecule has 27 heavy (non-hydrogen) atoms. The zero-order valence-corrected chi connectivity index (χ0v) is 16.8. The topological polar surface area (TPSA) is 17.3 Å². The highest BCUT2D eigenvalue weighted by Gasteiger charge is 2.12. The Hall–Kier alpha value is -2.62. The van der Waals surface area contributed by atoms with Crippen molar-refractivity contribution in [2.24, 2.45) is 4.99 Å². The molecule has 0 bridgehead atoms. The van der Waals surface area contributed by atoms with Gasteiger partial charge in [-0.2, -0.15) is 0 Å². The third-order valence-corrected chi connectivity index (χ3v) is 5.61. The van der Waals surface area contributed by atoms with Gasteiger partial charge in [0, 0.05) is 10.4 Å². The van der Waals surface area contributed by atoms with Gasteiger partial charge in [-0.05, 0) is 54.8 Å². The Bertz CT molecular complexity index is 1150. The maximum atomic E-state index is 6.09. The first-order valence-corrected chi connectivity index (χ1v) is 10.0. The number of nitrogens with zero attached hydrogens (tertiary/aromatic N) is 2. The molecule has 4 heteroatoms. The van der Waals surface area contributed by atoms with Crippen LogP contribution in [0, 0.1) is 13.8 Å². The van der Waals surface area contributed by atoms with Gasteiger partial charge in [-0.15, -0.1) is 11.3 Å². The van der Waals surface area contributed by atoms with Crippen LogP contribution in [0.5, 0.6) is 0 Å². The fourth-order valence-corrected chi connectivity index (χ4v) is 4.09. The molecule has 0 amide bonds. The Kier molecular flexibility index (Phi) is 4.97. The Morgan fingerprint density at radius 2 is 1.48 bits per heavy atom. The molecule has 0 aliphatic rings. The summed E-state index contributed by atoms with van der Waals surface area (Å²) in [6.45, 7) is 4.22. The molecule has 0 radical (unpaired) electrons. The normalized spacial score (nSPS) is 11.7. The molecule has 0 saturated carbocycles. The van der Waals surface area contributed by atoms with Crippen LogP contribution < -0.4 is 4.80 Å². The molecule has 0 aliphatic carbocycles. The van der Waals surface area contributed by atoms with Crippen LogP contribution in [0.15, 0.2) is 83.2 Å². The summed E-state index contributed by atoms with van der Waals surface area (Å²) in [5.41, 5.74) is 6.72. The Labute approximate surface area is 168 Å². The van der Waals surface area contributed by atoms with Crippen LogP contribution in [-0.4, -0.2) is 4.57 Å². The van der Waals surface area contributed by atoms with E-state index in [0.717, 1.165) is 38.0 Å². The predicted octanol–water partition coefficient (Wildman–Crippen LogP) is 6.71. The molecule has 134 valence electrons. The summed E-state index contributed by atoms with van der Waals surface area (Å²) < 4.78 is 2.23. The Morgan fingerprint density at radius 3 is 2.19 bits per heavy atom. The van der Waals surface area contributed by atoms with Gasteiger partial charge in [0.25, 0.3) is 0 Å². The van der Waals surface area contributed by atoms with E-state index in [1.54, 1.807) is 11.3 Å². The van der Waals surface area contributed by atoms with E-state index in [0.29, 0.717) is 0 Å². The number of para-hydroxylation sites is 2. The van der Waals surface area contributed by atoms with Gasteiger partial charge in [-0.3, -0.25) is 4.57 Å². The highest BCUT2D eigenvalue weighted by atomic mass is 35.5. The van der Waals surface area contributed by atoms with Crippen molar-refractivity contribution in [1.82, 2.24) is 4.57 Å². The number of hydrogen-bond acceptors (Lipinski definition) is 2. The fraction of sp³-hybridized carbons (Fsp3) is 0.0870. The second-order valence-corrected chi connectivity index (χ2v) is 7.70. The van der Waals surface area contributed by atoms with Gasteiger partial charge in [0.2, 0.25) is 0 Å². The van der Waals surface area contributed by atoms with Crippen LogP contribution in [0.2, 0.25) is 5.02 Å². The molecule has 1 heterocycles. The number of rotatable bonds is 3. The molecular formula is C23H19ClN2S. The van der Waals surface area contributed by atoms with Gasteiger partial charge in [-0.1, -0.05) is 60.1 Å². The number of thiazole rings is 1. The highest BCUT2D eigenvalue weighted by molar-refractivity contribution is 7.07. The van der Waals surface area contributed by atoms with Gasteiger partial charge in [0.1, 0.15) is 0 Å². The van der Waals surface area contributed by atoms with Gasteiger partial charge in [-0.25, -0.2) is 4.99 Å². The summed E-state index contributed by atoms with van der Waals surface area (Å²) in [5.74, 6) is 0. The molecule has 0 atom stereocenters. The smallest absolute Gasteiger partial charge is 0.195 e. The van der Waals surface area contributed by atoms with Crippen molar-refractivity contribution in [2.75, 3.05) is 0 Å². The van der Waals surface area contributed by atoms with E-state index >= 15 is 0 Å². The molecule has 4 aromatic rings. The monoisotopic (exact) mass is 390 g/mol. The molecule has 0 spiro atoms. The summed E-state index contributed by atoms with van der Waals surface area (Å²) >= 11 is 7.73. The van der Waals surface area contributed by atoms with Crippen LogP contribution in [0.3, 0.4) is 0 Å². The van der Waals surface area contributed by atoms with Crippen molar-refractivity contribution < 1.29 is 0 Å². The van der Waals surface area contributed by atoms with Crippen LogP contribution in [-0.2, 0) is 0 Å². The first-order valence-electron chi connectivity index (χ1n) is 8.76. The maximum Gasteiger partial charge on any atom is 0.195 e. The van der Waals surface area contributed by atoms with Crippen molar-refractivity contribution in [3.05, 3.63) is 99.1 Å². The van der Waals surface area contributed by atoms with Crippen molar-refractivity contribution in [2.45, 2.75) is 13.8 Å². The van der Waals surface area contributed by atoms with E-state index in [4.69, 9.17) is 16.6 Å². The van der Waals surface area contributed by atoms with E-state index in [1.807, 2.05) is 24.3 Å². The first-order chi connectivity index (χ1) is 13.1. The largest absolute Gasteiger partial charge is 0.285 e. The first kappa shape index (κ1) is 17.8. The molecule has 3 aromatic carbocycles. The molecule has 0 N–H and O–H groups in total. The van der Waals surface area contributed by atoms with Gasteiger partial charge >= 0.3 is 0 Å². The second-order valence-electron chi connectivity index (χ2n) is 6.43. The SMILES string of the molecule is Cc1ccccc1N=c1scc(-c2ccc(Cl)cc2)n1-c1ccccc1C. The minimum Gasteiger partial charge on any atom is -0.285 e. The molecular weight excluding hydrogens is 372 g/mol. The van der Waals surface area contributed by atoms with Crippen LogP contribution >= 0.6 is 22.9 Å². The van der Waals surface area contributed by atoms with Gasteiger partial charge in [0.15, 0.2) is 4.80 Å². The number of aryl methyl sites for hydroxylation is 2. The molecule has 0 saturated heterocycles. The maximum absolute atomic E-state index is 6.09. The van der Waals surface area contributed by atoms with Crippen molar-refractivity contribution in [3.63, 3.8) is 0 Å². The van der Waals surface area contributed by atoms with Crippen molar-refractivity contribution in [3.8, 4) is 16.9 Å². The molecule has 0 fully saturated rings. The minimum absolute atomic E-state index is 0.737. The molecule has 1 aromatic heterocycles. The van der Waals surface area contributed by atoms with E-state index in [2.05, 4.69) is 72.3 Å². The van der Waals surface area contributed by atoms with E-state index in [1.165, 1.54) is 5.56 Å². The average molecular weight is 391 g/mol. The summed E-state index contributed by atoms with van der Waals surface area (Å²) in [6, 6.07) is 24.6. The number of hydrogen-bond donors (Lipinski definition) is 0. The number of aromatic nitrogens is 1. The van der Waals surface area contributed by atoms with Gasteiger partial charge in [0.05, 0.1) is 17.1 Å².